The number of hydrogen-bond acceptors (Lipinski definition) is 4. The van der Waals surface area contributed by atoms with Gasteiger partial charge in [-0.25, -0.2) is 4.98 Å². The zero-order chi connectivity index (χ0) is 14.8. The van der Waals surface area contributed by atoms with Crippen molar-refractivity contribution in [3.8, 4) is 0 Å². The van der Waals surface area contributed by atoms with Crippen molar-refractivity contribution >= 4 is 5.82 Å². The van der Waals surface area contributed by atoms with Gasteiger partial charge >= 0.3 is 0 Å². The fourth-order valence-electron chi connectivity index (χ4n) is 3.25. The summed E-state index contributed by atoms with van der Waals surface area (Å²) in [5.74, 6) is 2.16. The normalized spacial score (nSPS) is 21.6. The quantitative estimate of drug-likeness (QED) is 0.897. The molecule has 1 aromatic rings. The first-order valence-corrected chi connectivity index (χ1v) is 8.30. The Hall–Kier alpha value is -1.13. The summed E-state index contributed by atoms with van der Waals surface area (Å²) in [4.78, 5) is 9.76. The van der Waals surface area contributed by atoms with Gasteiger partial charge in [0.2, 0.25) is 0 Å². The second-order valence-electron chi connectivity index (χ2n) is 6.90. The van der Waals surface area contributed by atoms with Gasteiger partial charge in [-0.05, 0) is 50.2 Å². The molecule has 0 amide bonds. The average Bonchev–Trinajstić information content (AvgIpc) is 3.23. The van der Waals surface area contributed by atoms with E-state index in [4.69, 9.17) is 10.7 Å². The van der Waals surface area contributed by atoms with Crippen LogP contribution in [-0.2, 0) is 6.42 Å². The summed E-state index contributed by atoms with van der Waals surface area (Å²) < 4.78 is 0. The van der Waals surface area contributed by atoms with Crippen molar-refractivity contribution < 1.29 is 0 Å². The molecule has 1 aliphatic carbocycles. The van der Waals surface area contributed by atoms with Gasteiger partial charge in [-0.15, -0.1) is 0 Å². The largest absolute Gasteiger partial charge is 0.354 e. The Balaban J connectivity index is 1.59. The van der Waals surface area contributed by atoms with E-state index < -0.39 is 0 Å². The van der Waals surface area contributed by atoms with Gasteiger partial charge in [-0.2, -0.15) is 0 Å². The van der Waals surface area contributed by atoms with E-state index in [1.54, 1.807) is 0 Å². The van der Waals surface area contributed by atoms with Crippen LogP contribution in [-0.4, -0.2) is 48.6 Å². The third-order valence-corrected chi connectivity index (χ3v) is 4.55. The maximum absolute atomic E-state index is 5.87. The first kappa shape index (κ1) is 14.8. The van der Waals surface area contributed by atoms with E-state index in [0.717, 1.165) is 31.2 Å². The summed E-state index contributed by atoms with van der Waals surface area (Å²) in [5.41, 5.74) is 8.40. The van der Waals surface area contributed by atoms with Crippen LogP contribution in [0.15, 0.2) is 12.3 Å². The summed E-state index contributed by atoms with van der Waals surface area (Å²) in [7, 11) is 0. The van der Waals surface area contributed by atoms with Crippen LogP contribution in [0.1, 0.15) is 30.9 Å². The molecular formula is C17H28N4. The van der Waals surface area contributed by atoms with E-state index in [9.17, 15) is 0 Å². The van der Waals surface area contributed by atoms with E-state index in [0.29, 0.717) is 0 Å². The fraction of sp³-hybridized carbons (Fsp3) is 0.706. The monoisotopic (exact) mass is 288 g/mol. The number of anilines is 1. The third kappa shape index (κ3) is 3.95. The highest BCUT2D eigenvalue weighted by atomic mass is 15.3. The molecule has 21 heavy (non-hydrogen) atoms. The van der Waals surface area contributed by atoms with Crippen LogP contribution in [0.3, 0.4) is 0 Å². The van der Waals surface area contributed by atoms with Gasteiger partial charge in [-0.3, -0.25) is 4.90 Å². The predicted molar refractivity (Wildman–Crippen MR) is 87.7 cm³/mol. The number of pyridine rings is 1. The number of nitrogens with two attached hydrogens (primary N) is 1. The third-order valence-electron chi connectivity index (χ3n) is 4.55. The minimum atomic E-state index is 0.197. The van der Waals surface area contributed by atoms with Crippen LogP contribution in [0, 0.1) is 12.8 Å². The first-order chi connectivity index (χ1) is 10.1. The molecule has 0 radical (unpaired) electrons. The molecule has 1 aromatic heterocycles. The summed E-state index contributed by atoms with van der Waals surface area (Å²) in [6.07, 6.45) is 5.80. The van der Waals surface area contributed by atoms with Crippen molar-refractivity contribution in [3.05, 3.63) is 23.4 Å². The Bertz CT molecular complexity index is 474. The van der Waals surface area contributed by atoms with E-state index in [-0.39, 0.29) is 6.04 Å². The van der Waals surface area contributed by atoms with Crippen LogP contribution in [0.4, 0.5) is 5.82 Å². The fourth-order valence-corrected chi connectivity index (χ4v) is 3.25. The molecule has 1 saturated heterocycles. The van der Waals surface area contributed by atoms with Gasteiger partial charge in [0.25, 0.3) is 0 Å². The van der Waals surface area contributed by atoms with Crippen molar-refractivity contribution in [2.75, 3.05) is 37.6 Å². The van der Waals surface area contributed by atoms with Crippen LogP contribution in [0.5, 0.6) is 0 Å². The van der Waals surface area contributed by atoms with Gasteiger partial charge in [0.05, 0.1) is 0 Å². The molecule has 2 heterocycles. The van der Waals surface area contributed by atoms with Gasteiger partial charge in [0.1, 0.15) is 5.82 Å². The second-order valence-corrected chi connectivity index (χ2v) is 6.90. The number of piperazine rings is 1. The highest BCUT2D eigenvalue weighted by Crippen LogP contribution is 2.30. The lowest BCUT2D eigenvalue weighted by atomic mass is 10.1. The molecule has 0 aromatic carbocycles. The molecule has 1 aliphatic heterocycles. The van der Waals surface area contributed by atoms with Crippen molar-refractivity contribution in [2.24, 2.45) is 11.7 Å². The number of nitrogens with zero attached hydrogens (tertiary/aromatic N) is 3. The highest BCUT2D eigenvalue weighted by Gasteiger charge is 2.26. The summed E-state index contributed by atoms with van der Waals surface area (Å²) >= 11 is 0. The number of hydrogen-bond donors (Lipinski definition) is 1. The number of rotatable bonds is 5. The lowest BCUT2D eigenvalue weighted by Crippen LogP contribution is -2.47. The molecule has 0 bridgehead atoms. The average molecular weight is 288 g/mol. The summed E-state index contributed by atoms with van der Waals surface area (Å²) in [6.45, 7) is 10.1. The lowest BCUT2D eigenvalue weighted by molar-refractivity contribution is 0.247. The molecule has 4 heteroatoms. The van der Waals surface area contributed by atoms with Crippen LogP contribution >= 0.6 is 0 Å². The minimum Gasteiger partial charge on any atom is -0.354 e. The van der Waals surface area contributed by atoms with E-state index in [1.165, 1.54) is 43.6 Å². The summed E-state index contributed by atoms with van der Waals surface area (Å²) in [5, 5.41) is 0. The maximum Gasteiger partial charge on any atom is 0.131 e. The first-order valence-electron chi connectivity index (χ1n) is 8.30. The van der Waals surface area contributed by atoms with Gasteiger partial charge < -0.3 is 10.6 Å². The Labute approximate surface area is 128 Å². The highest BCUT2D eigenvalue weighted by molar-refractivity contribution is 5.48. The van der Waals surface area contributed by atoms with E-state index >= 15 is 0 Å². The summed E-state index contributed by atoms with van der Waals surface area (Å²) in [6, 6.07) is 2.45. The number of aromatic nitrogens is 1. The Morgan fingerprint density at radius 3 is 2.57 bits per heavy atom. The minimum absolute atomic E-state index is 0.197. The Kier molecular flexibility index (Phi) is 4.45. The van der Waals surface area contributed by atoms with Crippen molar-refractivity contribution in [1.29, 1.82) is 0 Å². The molecule has 116 valence electrons. The van der Waals surface area contributed by atoms with Crippen molar-refractivity contribution in [3.63, 3.8) is 0 Å². The van der Waals surface area contributed by atoms with Gasteiger partial charge in [0.15, 0.2) is 0 Å². The van der Waals surface area contributed by atoms with Gasteiger partial charge in [0, 0.05) is 45.0 Å². The van der Waals surface area contributed by atoms with Crippen LogP contribution in [0.25, 0.3) is 0 Å². The van der Waals surface area contributed by atoms with E-state index in [2.05, 4.69) is 22.8 Å². The molecule has 2 N–H and O–H groups in total. The topological polar surface area (TPSA) is 45.4 Å². The smallest absolute Gasteiger partial charge is 0.131 e. The molecule has 1 saturated carbocycles. The zero-order valence-corrected chi connectivity index (χ0v) is 13.4. The SMILES string of the molecule is Cc1cc(CC(C)N)cnc1N1CCN(CC2CC2)CC1. The maximum atomic E-state index is 5.87. The number of aryl methyl sites for hydroxylation is 1. The molecular weight excluding hydrogens is 260 g/mol. The van der Waals surface area contributed by atoms with Crippen LogP contribution in [0.2, 0.25) is 0 Å². The van der Waals surface area contributed by atoms with Crippen molar-refractivity contribution in [1.82, 2.24) is 9.88 Å². The molecule has 1 unspecified atom stereocenters. The molecule has 4 nitrogen and oxygen atoms in total. The molecule has 2 fully saturated rings. The lowest BCUT2D eigenvalue weighted by Gasteiger charge is -2.36. The molecule has 1 atom stereocenters. The second kappa shape index (κ2) is 6.32. The Morgan fingerprint density at radius 1 is 1.29 bits per heavy atom. The van der Waals surface area contributed by atoms with Crippen molar-refractivity contribution in [2.45, 2.75) is 39.2 Å². The molecule has 3 rings (SSSR count). The molecule has 2 aliphatic rings. The Morgan fingerprint density at radius 2 is 2.00 bits per heavy atom. The zero-order valence-electron chi connectivity index (χ0n) is 13.4. The van der Waals surface area contributed by atoms with E-state index in [1.807, 2.05) is 13.1 Å². The standard InChI is InChI=1S/C17H28N4/c1-13-9-16(10-14(2)18)11-19-17(13)21-7-5-20(6-8-21)12-15-3-4-15/h9,11,14-15H,3-8,10,12,18H2,1-2H3. The van der Waals surface area contributed by atoms with Gasteiger partial charge in [-0.1, -0.05) is 6.07 Å². The molecule has 0 spiro atoms. The predicted octanol–water partition coefficient (Wildman–Crippen LogP) is 1.81. The van der Waals surface area contributed by atoms with Crippen LogP contribution < -0.4 is 10.6 Å².